The average molecular weight is 242 g/mol. The molecule has 1 aliphatic heterocycles. The number of Topliss-reactive ketones (excluding diaryl/α,β-unsaturated/α-hetero) is 1. The first-order valence-electron chi connectivity index (χ1n) is 5.70. The van der Waals surface area contributed by atoms with E-state index in [0.29, 0.717) is 6.61 Å². The third kappa shape index (κ3) is 2.78. The molecule has 0 N–H and O–H groups in total. The van der Waals surface area contributed by atoms with E-state index in [1.165, 1.54) is 0 Å². The molecule has 0 unspecified atom stereocenters. The van der Waals surface area contributed by atoms with E-state index in [1.807, 2.05) is 18.5 Å². The molecule has 18 heavy (non-hydrogen) atoms. The first-order valence-corrected chi connectivity index (χ1v) is 5.70. The van der Waals surface area contributed by atoms with E-state index in [1.54, 1.807) is 18.6 Å². The standard InChI is InChI=1S/C14H14N2O2/c1-11-12(8-18-9-14(11)17)5-3-4-6-13-7-15-10-16(13)2/h3,7,10-11H,8-9H2,1-2H3/t5?,11-/m0/s1. The molecule has 0 aliphatic carbocycles. The van der Waals surface area contributed by atoms with Gasteiger partial charge in [0.25, 0.3) is 0 Å². The van der Waals surface area contributed by atoms with Gasteiger partial charge < -0.3 is 9.30 Å². The van der Waals surface area contributed by atoms with Gasteiger partial charge in [-0.1, -0.05) is 12.8 Å². The number of nitrogens with zero attached hydrogens (tertiary/aromatic N) is 2. The van der Waals surface area contributed by atoms with Gasteiger partial charge in [-0.05, 0) is 5.92 Å². The van der Waals surface area contributed by atoms with Crippen molar-refractivity contribution in [1.29, 1.82) is 0 Å². The number of aryl methyl sites for hydroxylation is 1. The van der Waals surface area contributed by atoms with Crippen LogP contribution in [0.2, 0.25) is 0 Å². The van der Waals surface area contributed by atoms with Gasteiger partial charge in [-0.2, -0.15) is 0 Å². The fraction of sp³-hybridized carbons (Fsp3) is 0.357. The molecule has 1 saturated heterocycles. The molecule has 1 fully saturated rings. The van der Waals surface area contributed by atoms with E-state index in [0.717, 1.165) is 11.3 Å². The molecule has 2 heterocycles. The Labute approximate surface area is 106 Å². The maximum Gasteiger partial charge on any atom is 0.166 e. The lowest BCUT2D eigenvalue weighted by molar-refractivity contribution is -0.128. The number of rotatable bonds is 0. The highest BCUT2D eigenvalue weighted by Gasteiger charge is 2.22. The van der Waals surface area contributed by atoms with Crippen molar-refractivity contribution in [2.75, 3.05) is 13.2 Å². The maximum atomic E-state index is 11.4. The highest BCUT2D eigenvalue weighted by atomic mass is 16.5. The van der Waals surface area contributed by atoms with Gasteiger partial charge in [-0.15, -0.1) is 5.73 Å². The normalized spacial score (nSPS) is 18.9. The van der Waals surface area contributed by atoms with E-state index in [-0.39, 0.29) is 18.3 Å². The molecule has 1 aromatic heterocycles. The SMILES string of the molecule is C[C@@H]1C(=O)COCC1=C=CC#Cc1cncn1C. The fourth-order valence-corrected chi connectivity index (χ4v) is 1.59. The molecule has 0 aromatic carbocycles. The highest BCUT2D eigenvalue weighted by Crippen LogP contribution is 2.15. The summed E-state index contributed by atoms with van der Waals surface area (Å²) in [6, 6.07) is 0. The van der Waals surface area contributed by atoms with Crippen molar-refractivity contribution >= 4 is 5.78 Å². The first kappa shape index (κ1) is 12.4. The van der Waals surface area contributed by atoms with E-state index in [4.69, 9.17) is 4.74 Å². The van der Waals surface area contributed by atoms with Crippen LogP contribution in [0.5, 0.6) is 0 Å². The number of hydrogen-bond acceptors (Lipinski definition) is 3. The average Bonchev–Trinajstić information content (AvgIpc) is 2.76. The Hall–Kier alpha value is -2.08. The first-order chi connectivity index (χ1) is 8.68. The number of ether oxygens (including phenoxy) is 1. The lowest BCUT2D eigenvalue weighted by atomic mass is 9.96. The van der Waals surface area contributed by atoms with Crippen molar-refractivity contribution in [1.82, 2.24) is 9.55 Å². The molecule has 4 nitrogen and oxygen atoms in total. The number of imidazole rings is 1. The molecule has 0 bridgehead atoms. The molecule has 0 amide bonds. The van der Waals surface area contributed by atoms with Crippen molar-refractivity contribution in [3.63, 3.8) is 0 Å². The second-order valence-corrected chi connectivity index (χ2v) is 4.15. The van der Waals surface area contributed by atoms with Crippen molar-refractivity contribution in [3.05, 3.63) is 35.6 Å². The predicted octanol–water partition coefficient (Wildman–Crippen LogP) is 1.09. The van der Waals surface area contributed by atoms with Gasteiger partial charge in [0.05, 0.1) is 19.1 Å². The van der Waals surface area contributed by atoms with Crippen LogP contribution in [0.1, 0.15) is 12.6 Å². The number of carbonyl (C=O) groups excluding carboxylic acids is 1. The summed E-state index contributed by atoms with van der Waals surface area (Å²) in [5.74, 6) is 5.81. The Morgan fingerprint density at radius 3 is 3.11 bits per heavy atom. The van der Waals surface area contributed by atoms with Crippen LogP contribution in [-0.4, -0.2) is 28.5 Å². The summed E-state index contributed by atoms with van der Waals surface area (Å²) in [5, 5.41) is 0. The third-order valence-electron chi connectivity index (χ3n) is 2.85. The lowest BCUT2D eigenvalue weighted by Gasteiger charge is -2.18. The smallest absolute Gasteiger partial charge is 0.166 e. The van der Waals surface area contributed by atoms with Gasteiger partial charge in [0.2, 0.25) is 0 Å². The zero-order chi connectivity index (χ0) is 13.0. The van der Waals surface area contributed by atoms with Crippen LogP contribution in [0.15, 0.2) is 29.9 Å². The molecule has 4 heteroatoms. The predicted molar refractivity (Wildman–Crippen MR) is 66.7 cm³/mol. The summed E-state index contributed by atoms with van der Waals surface area (Å²) in [6.07, 6.45) is 5.02. The number of carbonyl (C=O) groups is 1. The lowest BCUT2D eigenvalue weighted by Crippen LogP contribution is -2.27. The van der Waals surface area contributed by atoms with Gasteiger partial charge in [-0.25, -0.2) is 4.98 Å². The Kier molecular flexibility index (Phi) is 3.78. The molecular weight excluding hydrogens is 228 g/mol. The molecule has 92 valence electrons. The van der Waals surface area contributed by atoms with Gasteiger partial charge >= 0.3 is 0 Å². The van der Waals surface area contributed by atoms with Crippen molar-refractivity contribution < 1.29 is 9.53 Å². The summed E-state index contributed by atoms with van der Waals surface area (Å²) in [6.45, 7) is 2.53. The van der Waals surface area contributed by atoms with Crippen LogP contribution in [-0.2, 0) is 16.6 Å². The molecule has 2 rings (SSSR count). The Morgan fingerprint density at radius 2 is 2.39 bits per heavy atom. The second-order valence-electron chi connectivity index (χ2n) is 4.15. The minimum Gasteiger partial charge on any atom is -0.369 e. The number of hydrogen-bond donors (Lipinski definition) is 0. The molecule has 0 saturated carbocycles. The van der Waals surface area contributed by atoms with E-state index >= 15 is 0 Å². The zero-order valence-corrected chi connectivity index (χ0v) is 10.4. The maximum absolute atomic E-state index is 11.4. The Morgan fingerprint density at radius 1 is 1.56 bits per heavy atom. The summed E-state index contributed by atoms with van der Waals surface area (Å²) in [5.41, 5.74) is 4.71. The summed E-state index contributed by atoms with van der Waals surface area (Å²) in [7, 11) is 1.88. The molecule has 1 aromatic rings. The van der Waals surface area contributed by atoms with Gasteiger partial charge in [0, 0.05) is 24.6 Å². The van der Waals surface area contributed by atoms with Crippen LogP contribution < -0.4 is 0 Å². The molecule has 1 aliphatic rings. The van der Waals surface area contributed by atoms with Crippen molar-refractivity contribution in [3.8, 4) is 11.8 Å². The van der Waals surface area contributed by atoms with Gasteiger partial charge in [0.15, 0.2) is 5.78 Å². The number of ketones is 1. The summed E-state index contributed by atoms with van der Waals surface area (Å²) < 4.78 is 6.99. The minimum absolute atomic E-state index is 0.0942. The van der Waals surface area contributed by atoms with Crippen molar-refractivity contribution in [2.45, 2.75) is 6.92 Å². The topological polar surface area (TPSA) is 44.1 Å². The monoisotopic (exact) mass is 242 g/mol. The number of aromatic nitrogens is 2. The third-order valence-corrected chi connectivity index (χ3v) is 2.85. The Bertz CT molecular complexity index is 580. The van der Waals surface area contributed by atoms with Gasteiger partial charge in [-0.3, -0.25) is 4.79 Å². The van der Waals surface area contributed by atoms with E-state index < -0.39 is 0 Å². The highest BCUT2D eigenvalue weighted by molar-refractivity contribution is 5.85. The molecule has 1 atom stereocenters. The second kappa shape index (κ2) is 5.50. The summed E-state index contributed by atoms with van der Waals surface area (Å²) in [4.78, 5) is 15.4. The van der Waals surface area contributed by atoms with Crippen molar-refractivity contribution in [2.24, 2.45) is 13.0 Å². The van der Waals surface area contributed by atoms with E-state index in [9.17, 15) is 4.79 Å². The van der Waals surface area contributed by atoms with Crippen LogP contribution in [0, 0.1) is 17.8 Å². The molecule has 0 spiro atoms. The van der Waals surface area contributed by atoms with Crippen LogP contribution >= 0.6 is 0 Å². The summed E-state index contributed by atoms with van der Waals surface area (Å²) >= 11 is 0. The molecular formula is C14H14N2O2. The minimum atomic E-state index is -0.117. The van der Waals surface area contributed by atoms with Crippen LogP contribution in [0.25, 0.3) is 0 Å². The van der Waals surface area contributed by atoms with Crippen LogP contribution in [0.4, 0.5) is 0 Å². The van der Waals surface area contributed by atoms with E-state index in [2.05, 4.69) is 22.6 Å². The fourth-order valence-electron chi connectivity index (χ4n) is 1.59. The quantitative estimate of drug-likeness (QED) is 0.505. The Balaban J connectivity index is 2.14. The van der Waals surface area contributed by atoms with Crippen LogP contribution in [0.3, 0.4) is 0 Å². The largest absolute Gasteiger partial charge is 0.369 e. The van der Waals surface area contributed by atoms with Gasteiger partial charge in [0.1, 0.15) is 12.3 Å². The molecule has 0 radical (unpaired) electrons. The zero-order valence-electron chi connectivity index (χ0n) is 10.4.